The molecule has 2 aromatic rings. The van der Waals surface area contributed by atoms with E-state index in [1.54, 1.807) is 10.8 Å². The molecule has 0 spiro atoms. The Morgan fingerprint density at radius 3 is 2.24 bits per heavy atom. The molecular weight excluding hydrogens is 265 g/mol. The van der Waals surface area contributed by atoms with Crippen LogP contribution in [0.5, 0.6) is 0 Å². The molecule has 3 heterocycles. The van der Waals surface area contributed by atoms with Gasteiger partial charge in [0.05, 0.1) is 11.2 Å². The van der Waals surface area contributed by atoms with Crippen molar-refractivity contribution in [2.24, 2.45) is 0 Å². The van der Waals surface area contributed by atoms with Gasteiger partial charge in [-0.1, -0.05) is 19.9 Å². The van der Waals surface area contributed by atoms with E-state index < -0.39 is 0 Å². The molecule has 0 N–H and O–H groups in total. The maximum absolute atomic E-state index is 6.05. The maximum Gasteiger partial charge on any atom is 0.496 e. The van der Waals surface area contributed by atoms with E-state index in [0.29, 0.717) is 0 Å². The quantitative estimate of drug-likeness (QED) is 0.756. The zero-order chi connectivity index (χ0) is 15.8. The van der Waals surface area contributed by atoms with Crippen LogP contribution in [-0.4, -0.2) is 32.9 Å². The van der Waals surface area contributed by atoms with Crippen molar-refractivity contribution in [2.75, 3.05) is 0 Å². The molecule has 114 valence electrons. The van der Waals surface area contributed by atoms with E-state index in [4.69, 9.17) is 9.31 Å². The van der Waals surface area contributed by atoms with Gasteiger partial charge in [0.1, 0.15) is 6.33 Å². The molecule has 0 aliphatic carbocycles. The van der Waals surface area contributed by atoms with Gasteiger partial charge in [-0.05, 0) is 40.2 Å². The van der Waals surface area contributed by atoms with Gasteiger partial charge >= 0.3 is 7.12 Å². The normalized spacial score (nSPS) is 19.5. The molecule has 21 heavy (non-hydrogen) atoms. The van der Waals surface area contributed by atoms with Crippen molar-refractivity contribution in [2.45, 2.75) is 59.7 Å². The number of pyridine rings is 1. The van der Waals surface area contributed by atoms with Crippen LogP contribution in [0.4, 0.5) is 0 Å². The highest BCUT2D eigenvalue weighted by Gasteiger charge is 2.51. The van der Waals surface area contributed by atoms with Crippen molar-refractivity contribution in [3.8, 4) is 0 Å². The van der Waals surface area contributed by atoms with Crippen LogP contribution >= 0.6 is 0 Å². The lowest BCUT2D eigenvalue weighted by Crippen LogP contribution is -2.41. The van der Waals surface area contributed by atoms with Gasteiger partial charge in [0.15, 0.2) is 5.65 Å². The van der Waals surface area contributed by atoms with Gasteiger partial charge in [0.25, 0.3) is 0 Å². The second kappa shape index (κ2) is 5.42. The number of aryl methyl sites for hydroxylation is 1. The average Bonchev–Trinajstić information content (AvgIpc) is 2.95. The molecule has 0 atom stereocenters. The summed E-state index contributed by atoms with van der Waals surface area (Å²) >= 11 is 0. The van der Waals surface area contributed by atoms with Crippen LogP contribution in [0.2, 0.25) is 0 Å². The first-order chi connectivity index (χ1) is 9.80. The molecule has 1 saturated heterocycles. The van der Waals surface area contributed by atoms with E-state index in [9.17, 15) is 0 Å². The van der Waals surface area contributed by atoms with Gasteiger partial charge in [-0.15, -0.1) is 0 Å². The average molecular weight is 289 g/mol. The number of fused-ring (bicyclic) bond motifs is 1. The van der Waals surface area contributed by atoms with E-state index >= 15 is 0 Å². The van der Waals surface area contributed by atoms with Crippen LogP contribution in [0.3, 0.4) is 0 Å². The van der Waals surface area contributed by atoms with Crippen molar-refractivity contribution in [1.82, 2.24) is 14.6 Å². The summed E-state index contributed by atoms with van der Waals surface area (Å²) in [6.07, 6.45) is 3.47. The summed E-state index contributed by atoms with van der Waals surface area (Å²) in [4.78, 5) is 4.21. The Labute approximate surface area is 126 Å². The van der Waals surface area contributed by atoms with E-state index in [1.807, 2.05) is 60.7 Å². The number of hydrogen-bond acceptors (Lipinski definition) is 4. The third kappa shape index (κ3) is 2.70. The predicted octanol–water partition coefficient (Wildman–Crippen LogP) is 2.36. The molecule has 0 bridgehead atoms. The van der Waals surface area contributed by atoms with E-state index in [1.165, 1.54) is 0 Å². The minimum Gasteiger partial charge on any atom is -0.399 e. The highest BCUT2D eigenvalue weighted by atomic mass is 16.7. The van der Waals surface area contributed by atoms with Gasteiger partial charge in [-0.25, -0.2) is 9.50 Å². The maximum atomic E-state index is 6.05. The SMILES string of the molecule is CC.Cc1cc(B2OC(C)(C)C(C)(C)O2)cn2ncnc12. The predicted molar refractivity (Wildman–Crippen MR) is 84.8 cm³/mol. The summed E-state index contributed by atoms with van der Waals surface area (Å²) in [7, 11) is -0.364. The molecule has 0 amide bonds. The zero-order valence-corrected chi connectivity index (χ0v) is 14.0. The van der Waals surface area contributed by atoms with E-state index in [2.05, 4.69) is 10.1 Å². The number of hydrogen-bond donors (Lipinski definition) is 0. The summed E-state index contributed by atoms with van der Waals surface area (Å²) in [6.45, 7) is 14.2. The summed E-state index contributed by atoms with van der Waals surface area (Å²) < 4.78 is 13.9. The summed E-state index contributed by atoms with van der Waals surface area (Å²) in [5.74, 6) is 0. The Balaban J connectivity index is 0.000000774. The standard InChI is InChI=1S/C13H18BN3O2.C2H6/c1-9-6-10(7-17-11(9)15-8-16-17)14-18-12(2,3)13(4,5)19-14;1-2/h6-8H,1-5H3;1-2H3. The van der Waals surface area contributed by atoms with E-state index in [0.717, 1.165) is 16.7 Å². The molecule has 1 aliphatic heterocycles. The fourth-order valence-electron chi connectivity index (χ4n) is 2.23. The van der Waals surface area contributed by atoms with Gasteiger partial charge in [-0.3, -0.25) is 0 Å². The molecule has 6 heteroatoms. The smallest absolute Gasteiger partial charge is 0.399 e. The second-order valence-corrected chi connectivity index (χ2v) is 6.07. The minimum atomic E-state index is -0.364. The molecule has 3 rings (SSSR count). The monoisotopic (exact) mass is 289 g/mol. The number of aromatic nitrogens is 3. The lowest BCUT2D eigenvalue weighted by Gasteiger charge is -2.32. The highest BCUT2D eigenvalue weighted by Crippen LogP contribution is 2.36. The van der Waals surface area contributed by atoms with E-state index in [-0.39, 0.29) is 18.3 Å². The number of rotatable bonds is 1. The fourth-order valence-corrected chi connectivity index (χ4v) is 2.23. The first kappa shape index (κ1) is 16.0. The molecule has 0 radical (unpaired) electrons. The Hall–Kier alpha value is -1.40. The first-order valence-electron chi connectivity index (χ1n) is 7.46. The Morgan fingerprint density at radius 1 is 1.10 bits per heavy atom. The van der Waals surface area contributed by atoms with Gasteiger partial charge in [0, 0.05) is 11.7 Å². The summed E-state index contributed by atoms with van der Waals surface area (Å²) in [5, 5.41) is 4.18. The molecule has 0 unspecified atom stereocenters. The molecule has 1 fully saturated rings. The second-order valence-electron chi connectivity index (χ2n) is 6.07. The summed E-state index contributed by atoms with van der Waals surface area (Å²) in [6, 6.07) is 2.05. The first-order valence-corrected chi connectivity index (χ1v) is 7.46. The highest BCUT2D eigenvalue weighted by molar-refractivity contribution is 6.62. The Bertz CT molecular complexity index is 621. The van der Waals surface area contributed by atoms with Crippen LogP contribution in [0.15, 0.2) is 18.6 Å². The third-order valence-electron chi connectivity index (χ3n) is 4.11. The van der Waals surface area contributed by atoms with Gasteiger partial charge in [-0.2, -0.15) is 5.10 Å². The lowest BCUT2D eigenvalue weighted by atomic mass is 9.80. The minimum absolute atomic E-state index is 0.330. The van der Waals surface area contributed by atoms with Crippen LogP contribution < -0.4 is 5.46 Å². The summed E-state index contributed by atoms with van der Waals surface area (Å²) in [5.41, 5.74) is 2.23. The molecule has 0 aromatic carbocycles. The van der Waals surface area contributed by atoms with Gasteiger partial charge < -0.3 is 9.31 Å². The Morgan fingerprint density at radius 2 is 1.67 bits per heavy atom. The topological polar surface area (TPSA) is 48.7 Å². The number of nitrogens with zero attached hydrogens (tertiary/aromatic N) is 3. The van der Waals surface area contributed by atoms with Crippen LogP contribution in [0.25, 0.3) is 5.65 Å². The van der Waals surface area contributed by atoms with Crippen LogP contribution in [0.1, 0.15) is 47.1 Å². The molecule has 2 aromatic heterocycles. The van der Waals surface area contributed by atoms with Crippen molar-refractivity contribution >= 4 is 18.2 Å². The Kier molecular flexibility index (Phi) is 4.13. The molecule has 1 aliphatic rings. The van der Waals surface area contributed by atoms with Crippen molar-refractivity contribution in [3.63, 3.8) is 0 Å². The van der Waals surface area contributed by atoms with Crippen molar-refractivity contribution < 1.29 is 9.31 Å². The molecular formula is C15H24BN3O2. The largest absolute Gasteiger partial charge is 0.496 e. The van der Waals surface area contributed by atoms with Gasteiger partial charge in [0.2, 0.25) is 0 Å². The lowest BCUT2D eigenvalue weighted by molar-refractivity contribution is 0.00578. The van der Waals surface area contributed by atoms with Crippen LogP contribution in [0, 0.1) is 6.92 Å². The molecule has 0 saturated carbocycles. The molecule has 5 nitrogen and oxygen atoms in total. The zero-order valence-electron chi connectivity index (χ0n) is 14.0. The van der Waals surface area contributed by atoms with Crippen LogP contribution in [-0.2, 0) is 9.31 Å². The van der Waals surface area contributed by atoms with Crippen molar-refractivity contribution in [3.05, 3.63) is 24.2 Å². The van der Waals surface area contributed by atoms with Crippen molar-refractivity contribution in [1.29, 1.82) is 0 Å². The fraction of sp³-hybridized carbons (Fsp3) is 0.600. The third-order valence-corrected chi connectivity index (χ3v) is 4.11.